The molecule has 0 saturated carbocycles. The minimum absolute atomic E-state index is 0.351. The van der Waals surface area contributed by atoms with Crippen molar-refractivity contribution in [3.05, 3.63) is 18.5 Å². The first-order valence-electron chi connectivity index (χ1n) is 7.29. The van der Waals surface area contributed by atoms with Gasteiger partial charge in [0.15, 0.2) is 0 Å². The van der Waals surface area contributed by atoms with Gasteiger partial charge in [0.05, 0.1) is 6.04 Å². The van der Waals surface area contributed by atoms with E-state index in [0.29, 0.717) is 17.2 Å². The second kappa shape index (κ2) is 6.89. The molecule has 1 atom stereocenters. The second-order valence-electron chi connectivity index (χ2n) is 5.37. The van der Waals surface area contributed by atoms with Gasteiger partial charge in [-0.3, -0.25) is 9.48 Å². The molecule has 0 bridgehead atoms. The van der Waals surface area contributed by atoms with E-state index in [-0.39, 0.29) is 0 Å². The van der Waals surface area contributed by atoms with Gasteiger partial charge in [-0.1, -0.05) is 0 Å². The molecule has 0 spiro atoms. The quantitative estimate of drug-likeness (QED) is 0.858. The molecule has 1 aromatic heterocycles. The fourth-order valence-electron chi connectivity index (χ4n) is 2.85. The summed E-state index contributed by atoms with van der Waals surface area (Å²) in [5.41, 5.74) is 0. The Kier molecular flexibility index (Phi) is 4.94. The van der Waals surface area contributed by atoms with E-state index in [4.69, 9.17) is 0 Å². The molecule has 1 aromatic rings. The molecule has 0 radical (unpaired) electrons. The number of aromatic nitrogens is 2. The first-order chi connectivity index (χ1) is 9.83. The van der Waals surface area contributed by atoms with E-state index in [0.717, 1.165) is 38.1 Å². The SMILES string of the molecule is O=C(C[C@H]1CSCCS1)N1CCC(n2cccn2)CC1. The lowest BCUT2D eigenvalue weighted by Crippen LogP contribution is -2.40. The van der Waals surface area contributed by atoms with Crippen molar-refractivity contribution in [3.63, 3.8) is 0 Å². The van der Waals surface area contributed by atoms with Gasteiger partial charge in [0.2, 0.25) is 5.91 Å². The zero-order chi connectivity index (χ0) is 13.8. The third-order valence-electron chi connectivity index (χ3n) is 4.00. The Morgan fingerprint density at radius 3 is 2.80 bits per heavy atom. The van der Waals surface area contributed by atoms with Crippen molar-refractivity contribution < 1.29 is 4.79 Å². The number of rotatable bonds is 3. The first kappa shape index (κ1) is 14.3. The average Bonchev–Trinajstić information content (AvgIpc) is 3.03. The van der Waals surface area contributed by atoms with E-state index >= 15 is 0 Å². The molecule has 0 aliphatic carbocycles. The Morgan fingerprint density at radius 1 is 1.30 bits per heavy atom. The molecule has 3 heterocycles. The molecule has 0 unspecified atom stereocenters. The molecular weight excluding hydrogens is 290 g/mol. The van der Waals surface area contributed by atoms with Gasteiger partial charge in [-0.15, -0.1) is 0 Å². The zero-order valence-corrected chi connectivity index (χ0v) is 13.2. The maximum atomic E-state index is 12.3. The van der Waals surface area contributed by atoms with Crippen LogP contribution in [0.1, 0.15) is 25.3 Å². The Morgan fingerprint density at radius 2 is 2.15 bits per heavy atom. The highest BCUT2D eigenvalue weighted by Gasteiger charge is 2.26. The van der Waals surface area contributed by atoms with Crippen LogP contribution in [0.2, 0.25) is 0 Å². The van der Waals surface area contributed by atoms with Gasteiger partial charge in [0.25, 0.3) is 0 Å². The Hall–Kier alpha value is -0.620. The standard InChI is InChI=1S/C14H21N3OS2/c18-14(10-13-11-19-8-9-20-13)16-6-2-12(3-7-16)17-5-1-4-15-17/h1,4-5,12-13H,2-3,6-11H2/t13-/m0/s1. The molecule has 2 aliphatic heterocycles. The summed E-state index contributed by atoms with van der Waals surface area (Å²) >= 11 is 3.96. The molecule has 2 fully saturated rings. The van der Waals surface area contributed by atoms with Crippen molar-refractivity contribution in [2.75, 3.05) is 30.3 Å². The van der Waals surface area contributed by atoms with Crippen molar-refractivity contribution in [1.29, 1.82) is 0 Å². The van der Waals surface area contributed by atoms with Crippen LogP contribution < -0.4 is 0 Å². The van der Waals surface area contributed by atoms with Crippen molar-refractivity contribution >= 4 is 29.4 Å². The third-order valence-corrected chi connectivity index (χ3v) is 6.85. The Balaban J connectivity index is 1.46. The van der Waals surface area contributed by atoms with Gasteiger partial charge in [0.1, 0.15) is 0 Å². The number of likely N-dealkylation sites (tertiary alicyclic amines) is 1. The van der Waals surface area contributed by atoms with Crippen LogP contribution in [0.5, 0.6) is 0 Å². The van der Waals surface area contributed by atoms with Gasteiger partial charge in [-0.2, -0.15) is 28.6 Å². The van der Waals surface area contributed by atoms with Crippen LogP contribution in [-0.2, 0) is 4.79 Å². The fraction of sp³-hybridized carbons (Fsp3) is 0.714. The van der Waals surface area contributed by atoms with E-state index in [1.54, 1.807) is 0 Å². The summed E-state index contributed by atoms with van der Waals surface area (Å²) in [5, 5.41) is 4.84. The van der Waals surface area contributed by atoms with Crippen LogP contribution in [-0.4, -0.2) is 56.2 Å². The van der Waals surface area contributed by atoms with Gasteiger partial charge < -0.3 is 4.90 Å². The molecule has 4 nitrogen and oxygen atoms in total. The summed E-state index contributed by atoms with van der Waals surface area (Å²) in [4.78, 5) is 14.4. The van der Waals surface area contributed by atoms with Gasteiger partial charge in [0, 0.05) is 54.4 Å². The van der Waals surface area contributed by atoms with Crippen molar-refractivity contribution in [2.24, 2.45) is 0 Å². The van der Waals surface area contributed by atoms with E-state index in [1.165, 1.54) is 11.5 Å². The molecule has 0 N–H and O–H groups in total. The minimum Gasteiger partial charge on any atom is -0.343 e. The highest BCUT2D eigenvalue weighted by Crippen LogP contribution is 2.28. The summed E-state index contributed by atoms with van der Waals surface area (Å²) < 4.78 is 2.04. The average molecular weight is 311 g/mol. The summed E-state index contributed by atoms with van der Waals surface area (Å²) in [5.74, 6) is 3.93. The molecular formula is C14H21N3OS2. The molecule has 110 valence electrons. The lowest BCUT2D eigenvalue weighted by molar-refractivity contribution is -0.132. The van der Waals surface area contributed by atoms with Crippen LogP contribution >= 0.6 is 23.5 Å². The maximum absolute atomic E-state index is 12.3. The third kappa shape index (κ3) is 3.52. The van der Waals surface area contributed by atoms with Gasteiger partial charge in [-0.25, -0.2) is 0 Å². The van der Waals surface area contributed by atoms with Crippen LogP contribution in [0.25, 0.3) is 0 Å². The molecule has 1 amide bonds. The van der Waals surface area contributed by atoms with Crippen molar-refractivity contribution in [1.82, 2.24) is 14.7 Å². The minimum atomic E-state index is 0.351. The van der Waals surface area contributed by atoms with E-state index < -0.39 is 0 Å². The van der Waals surface area contributed by atoms with Gasteiger partial charge >= 0.3 is 0 Å². The zero-order valence-electron chi connectivity index (χ0n) is 11.6. The first-order valence-corrected chi connectivity index (χ1v) is 9.49. The summed E-state index contributed by atoms with van der Waals surface area (Å²) in [6, 6.07) is 2.43. The molecule has 2 saturated heterocycles. The van der Waals surface area contributed by atoms with E-state index in [2.05, 4.69) is 10.00 Å². The summed E-state index contributed by atoms with van der Waals surface area (Å²) in [7, 11) is 0. The van der Waals surface area contributed by atoms with Crippen LogP contribution in [0, 0.1) is 0 Å². The molecule has 0 aromatic carbocycles. The van der Waals surface area contributed by atoms with E-state index in [9.17, 15) is 4.79 Å². The Bertz CT molecular complexity index is 424. The monoisotopic (exact) mass is 311 g/mol. The number of nitrogens with zero attached hydrogens (tertiary/aromatic N) is 3. The Labute approximate surface area is 128 Å². The number of piperidine rings is 1. The molecule has 3 rings (SSSR count). The van der Waals surface area contributed by atoms with Crippen LogP contribution in [0.15, 0.2) is 18.5 Å². The second-order valence-corrected chi connectivity index (χ2v) is 7.93. The van der Waals surface area contributed by atoms with Gasteiger partial charge in [-0.05, 0) is 18.9 Å². The fourth-order valence-corrected chi connectivity index (χ4v) is 5.53. The predicted molar refractivity (Wildman–Crippen MR) is 85.3 cm³/mol. The maximum Gasteiger partial charge on any atom is 0.223 e. The highest BCUT2D eigenvalue weighted by atomic mass is 32.2. The number of carbonyl (C=O) groups excluding carboxylic acids is 1. The van der Waals surface area contributed by atoms with Crippen LogP contribution in [0.3, 0.4) is 0 Å². The topological polar surface area (TPSA) is 38.1 Å². The number of carbonyl (C=O) groups is 1. The number of thioether (sulfide) groups is 2. The molecule has 20 heavy (non-hydrogen) atoms. The smallest absolute Gasteiger partial charge is 0.223 e. The van der Waals surface area contributed by atoms with Crippen molar-refractivity contribution in [2.45, 2.75) is 30.6 Å². The number of hydrogen-bond acceptors (Lipinski definition) is 4. The van der Waals surface area contributed by atoms with E-state index in [1.807, 2.05) is 46.7 Å². The number of hydrogen-bond donors (Lipinski definition) is 0. The lowest BCUT2D eigenvalue weighted by atomic mass is 10.0. The largest absolute Gasteiger partial charge is 0.343 e. The van der Waals surface area contributed by atoms with Crippen molar-refractivity contribution in [3.8, 4) is 0 Å². The number of amides is 1. The van der Waals surface area contributed by atoms with Crippen LogP contribution in [0.4, 0.5) is 0 Å². The highest BCUT2D eigenvalue weighted by molar-refractivity contribution is 8.06. The summed E-state index contributed by atoms with van der Waals surface area (Å²) in [6.45, 7) is 1.77. The summed E-state index contributed by atoms with van der Waals surface area (Å²) in [6.07, 6.45) is 6.64. The predicted octanol–water partition coefficient (Wildman–Crippen LogP) is 2.29. The molecule has 2 aliphatic rings. The molecule has 6 heteroatoms. The lowest BCUT2D eigenvalue weighted by Gasteiger charge is -2.33. The normalized spacial score (nSPS) is 24.8.